The fraction of sp³-hybridized carbons (Fsp3) is 0. The van der Waals surface area contributed by atoms with Crippen LogP contribution in [0.5, 0.6) is 0 Å². The molecule has 0 fully saturated rings. The number of benzene rings is 10. The first-order valence-electron chi connectivity index (χ1n) is 23.6. The maximum absolute atomic E-state index is 9.74. The summed E-state index contributed by atoms with van der Waals surface area (Å²) in [6, 6.07) is 82.1. The maximum Gasteiger partial charge on any atom is 0.238 e. The summed E-state index contributed by atoms with van der Waals surface area (Å²) in [5.41, 5.74) is 15.3. The summed E-state index contributed by atoms with van der Waals surface area (Å²) in [7, 11) is 0. The van der Waals surface area contributed by atoms with Crippen molar-refractivity contribution in [3.05, 3.63) is 236 Å². The molecule has 0 bridgehead atoms. The molecule has 14 rings (SSSR count). The van der Waals surface area contributed by atoms with Crippen LogP contribution in [-0.2, 0) is 0 Å². The number of hydrogen-bond donors (Lipinski definition) is 0. The van der Waals surface area contributed by atoms with Gasteiger partial charge in [0.25, 0.3) is 0 Å². The van der Waals surface area contributed by atoms with Gasteiger partial charge >= 0.3 is 0 Å². The lowest BCUT2D eigenvalue weighted by atomic mass is 10.00. The molecule has 10 aromatic carbocycles. The predicted molar refractivity (Wildman–Crippen MR) is 288 cm³/mol. The van der Waals surface area contributed by atoms with Crippen LogP contribution >= 0.6 is 0 Å². The van der Waals surface area contributed by atoms with E-state index in [1.165, 1.54) is 0 Å². The molecular formula is C64H38N6O. The quantitative estimate of drug-likeness (QED) is 0.159. The summed E-state index contributed by atoms with van der Waals surface area (Å²) < 4.78 is 11.3. The number of para-hydroxylation sites is 3. The molecule has 0 N–H and O–H groups in total. The number of nitriles is 1. The van der Waals surface area contributed by atoms with Crippen molar-refractivity contribution in [2.75, 3.05) is 0 Å². The lowest BCUT2D eigenvalue weighted by Gasteiger charge is -2.15. The Kier molecular flexibility index (Phi) is 9.13. The van der Waals surface area contributed by atoms with Gasteiger partial charge in [0.2, 0.25) is 5.95 Å². The largest absolute Gasteiger partial charge is 0.455 e. The molecule has 14 aromatic rings. The molecule has 7 heteroatoms. The van der Waals surface area contributed by atoms with E-state index in [0.717, 1.165) is 116 Å². The maximum atomic E-state index is 9.74. The van der Waals surface area contributed by atoms with Crippen molar-refractivity contribution in [1.29, 1.82) is 5.26 Å². The first-order chi connectivity index (χ1) is 35.1. The molecule has 0 aliphatic rings. The van der Waals surface area contributed by atoms with Crippen LogP contribution in [0.25, 0.3) is 133 Å². The number of hydrogen-bond acceptors (Lipinski definition) is 5. The second-order valence-corrected chi connectivity index (χ2v) is 17.9. The van der Waals surface area contributed by atoms with Gasteiger partial charge in [-0.05, 0) is 70.3 Å². The third-order valence-electron chi connectivity index (χ3n) is 13.8. The Hall–Kier alpha value is -9.90. The molecule has 71 heavy (non-hydrogen) atoms. The van der Waals surface area contributed by atoms with Gasteiger partial charge in [0.15, 0.2) is 11.6 Å². The van der Waals surface area contributed by atoms with E-state index in [2.05, 4.69) is 197 Å². The monoisotopic (exact) mass is 906 g/mol. The second kappa shape index (κ2) is 16.1. The number of fused-ring (bicyclic) bond motifs is 10. The number of nitrogens with zero attached hydrogens (tertiary/aromatic N) is 6. The van der Waals surface area contributed by atoms with E-state index in [9.17, 15) is 5.26 Å². The smallest absolute Gasteiger partial charge is 0.238 e. The molecule has 0 spiro atoms. The van der Waals surface area contributed by atoms with Gasteiger partial charge in [0.05, 0.1) is 33.7 Å². The molecule has 0 radical (unpaired) electrons. The third-order valence-corrected chi connectivity index (χ3v) is 13.8. The Labute approximate surface area is 407 Å². The molecule has 0 aliphatic heterocycles. The average molecular weight is 907 g/mol. The van der Waals surface area contributed by atoms with Crippen molar-refractivity contribution in [2.24, 2.45) is 0 Å². The van der Waals surface area contributed by atoms with Crippen molar-refractivity contribution in [2.45, 2.75) is 0 Å². The van der Waals surface area contributed by atoms with E-state index >= 15 is 0 Å². The van der Waals surface area contributed by atoms with E-state index in [-0.39, 0.29) is 0 Å². The Morgan fingerprint density at radius 3 is 1.41 bits per heavy atom. The zero-order chi connectivity index (χ0) is 47.0. The highest BCUT2D eigenvalue weighted by molar-refractivity contribution is 6.24. The molecule has 0 saturated heterocycles. The normalized spacial score (nSPS) is 11.6. The minimum Gasteiger partial charge on any atom is -0.455 e. The lowest BCUT2D eigenvalue weighted by molar-refractivity contribution is 0.670. The molecule has 0 unspecified atom stereocenters. The van der Waals surface area contributed by atoms with Gasteiger partial charge in [-0.2, -0.15) is 15.2 Å². The highest BCUT2D eigenvalue weighted by Gasteiger charge is 2.25. The molecule has 4 aromatic heterocycles. The van der Waals surface area contributed by atoms with Crippen LogP contribution in [0.3, 0.4) is 0 Å². The average Bonchev–Trinajstić information content (AvgIpc) is 4.11. The molecule has 0 atom stereocenters. The number of aromatic nitrogens is 5. The highest BCUT2D eigenvalue weighted by atomic mass is 16.3. The minimum absolute atomic E-state index is 0.509. The van der Waals surface area contributed by atoms with Gasteiger partial charge in [-0.25, -0.2) is 4.98 Å². The summed E-state index contributed by atoms with van der Waals surface area (Å²) in [4.78, 5) is 16.1. The zero-order valence-corrected chi connectivity index (χ0v) is 38.0. The molecule has 330 valence electrons. The number of rotatable bonds is 7. The van der Waals surface area contributed by atoms with Crippen molar-refractivity contribution < 1.29 is 4.42 Å². The van der Waals surface area contributed by atoms with Gasteiger partial charge in [-0.3, -0.25) is 4.57 Å². The van der Waals surface area contributed by atoms with Crippen LogP contribution in [0.15, 0.2) is 235 Å². The Balaban J connectivity index is 1.06. The van der Waals surface area contributed by atoms with Gasteiger partial charge in [-0.15, -0.1) is 0 Å². The van der Waals surface area contributed by atoms with E-state index in [1.807, 2.05) is 48.5 Å². The van der Waals surface area contributed by atoms with E-state index in [1.54, 1.807) is 0 Å². The second-order valence-electron chi connectivity index (χ2n) is 17.9. The number of furan rings is 1. The first kappa shape index (κ1) is 40.2. The standard InChI is InChI=1S/C64H38N6O/c65-39-40-23-25-45(26-24-40)54-37-48(38-55-51-19-9-12-22-58(51)71-61(54)55)69-56-20-10-7-17-49(56)52-35-36-53-50-18-8-11-21-57(50)70(60(53)59(52)69)64-67-62(46-31-27-43(28-32-46)41-13-3-1-4-14-41)66-63(68-64)47-33-29-44(30-34-47)42-15-5-2-6-16-42/h1-38H. The molecule has 4 heterocycles. The Morgan fingerprint density at radius 2 is 0.831 bits per heavy atom. The van der Waals surface area contributed by atoms with E-state index in [4.69, 9.17) is 19.4 Å². The molecule has 0 aliphatic carbocycles. The summed E-state index contributed by atoms with van der Waals surface area (Å²) in [6.45, 7) is 0. The van der Waals surface area contributed by atoms with Gasteiger partial charge < -0.3 is 8.98 Å². The van der Waals surface area contributed by atoms with Crippen LogP contribution in [-0.4, -0.2) is 24.1 Å². The summed E-state index contributed by atoms with van der Waals surface area (Å²) >= 11 is 0. The first-order valence-corrected chi connectivity index (χ1v) is 23.6. The summed E-state index contributed by atoms with van der Waals surface area (Å²) in [5, 5.41) is 16.1. The van der Waals surface area contributed by atoms with Crippen LogP contribution in [0.1, 0.15) is 5.56 Å². The van der Waals surface area contributed by atoms with Crippen molar-refractivity contribution >= 4 is 65.6 Å². The van der Waals surface area contributed by atoms with E-state index in [0.29, 0.717) is 23.2 Å². The molecule has 7 nitrogen and oxygen atoms in total. The van der Waals surface area contributed by atoms with Crippen molar-refractivity contribution in [3.8, 4) is 73.9 Å². The SMILES string of the molecule is N#Cc1ccc(-c2cc(-n3c4ccccc4c4ccc5c6ccccc6n(-c6nc(-c7ccc(-c8ccccc8)cc7)nc(-c7ccc(-c8ccccc8)cc7)n6)c5c43)cc3c2oc2ccccc23)cc1. The predicted octanol–water partition coefficient (Wildman–Crippen LogP) is 16.2. The summed E-state index contributed by atoms with van der Waals surface area (Å²) in [5.74, 6) is 1.65. The van der Waals surface area contributed by atoms with Crippen molar-refractivity contribution in [3.63, 3.8) is 0 Å². The Morgan fingerprint density at radius 1 is 0.366 bits per heavy atom. The highest BCUT2D eigenvalue weighted by Crippen LogP contribution is 2.44. The van der Waals surface area contributed by atoms with Gasteiger partial charge in [-0.1, -0.05) is 188 Å². The van der Waals surface area contributed by atoms with Gasteiger partial charge in [0, 0.05) is 54.7 Å². The van der Waals surface area contributed by atoms with Crippen LogP contribution in [0, 0.1) is 11.3 Å². The topological polar surface area (TPSA) is 85.5 Å². The molecule has 0 amide bonds. The Bertz CT molecular complexity index is 4330. The third kappa shape index (κ3) is 6.54. The van der Waals surface area contributed by atoms with Crippen molar-refractivity contribution in [1.82, 2.24) is 24.1 Å². The van der Waals surface area contributed by atoms with E-state index < -0.39 is 0 Å². The van der Waals surface area contributed by atoms with Crippen LogP contribution in [0.2, 0.25) is 0 Å². The van der Waals surface area contributed by atoms with Crippen LogP contribution in [0.4, 0.5) is 0 Å². The lowest BCUT2D eigenvalue weighted by Crippen LogP contribution is -2.07. The molecular weight excluding hydrogens is 869 g/mol. The summed E-state index contributed by atoms with van der Waals surface area (Å²) in [6.07, 6.45) is 0. The fourth-order valence-electron chi connectivity index (χ4n) is 10.5. The fourth-order valence-corrected chi connectivity index (χ4v) is 10.5. The molecule has 0 saturated carbocycles. The zero-order valence-electron chi connectivity index (χ0n) is 38.0. The van der Waals surface area contributed by atoms with Crippen LogP contribution < -0.4 is 0 Å². The minimum atomic E-state index is 0.509. The van der Waals surface area contributed by atoms with Gasteiger partial charge in [0.1, 0.15) is 11.2 Å².